The Morgan fingerprint density at radius 3 is 2.74 bits per heavy atom. The molecule has 2 aliphatic rings. The zero-order valence-corrected chi connectivity index (χ0v) is 19.2. The second-order valence-corrected chi connectivity index (χ2v) is 9.74. The number of thioether (sulfide) groups is 1. The minimum Gasteiger partial charge on any atom is -0.477 e. The molecule has 0 bridgehead atoms. The van der Waals surface area contributed by atoms with Crippen molar-refractivity contribution < 1.29 is 33.2 Å². The number of carbonyl (C=O) groups is 4. The number of carboxylic acids is 1. The summed E-state index contributed by atoms with van der Waals surface area (Å²) >= 11 is 1.14. The lowest BCUT2D eigenvalue weighted by Gasteiger charge is -2.49. The van der Waals surface area contributed by atoms with Gasteiger partial charge in [0.25, 0.3) is 18.3 Å². The topological polar surface area (TPSA) is 174 Å². The lowest BCUT2D eigenvalue weighted by molar-refractivity contribution is -0.154. The van der Waals surface area contributed by atoms with Gasteiger partial charge in [-0.1, -0.05) is 42.1 Å². The third-order valence-electron chi connectivity index (χ3n) is 5.19. The SMILES string of the molecule is Cn1nnnc1SCC1=C(C(=O)O)N2C(=O)[C@@H](NC(=O)[C@H](OC=O)c3ccccc3)[C@H]2S(=O)C1. The molecule has 34 heavy (non-hydrogen) atoms. The molecule has 3 heterocycles. The van der Waals surface area contributed by atoms with Crippen molar-refractivity contribution in [3.05, 3.63) is 47.2 Å². The molecule has 4 atom stereocenters. The Kier molecular flexibility index (Phi) is 6.74. The first-order valence-corrected chi connectivity index (χ1v) is 12.2. The third-order valence-corrected chi connectivity index (χ3v) is 7.95. The number of carboxylic acid groups (broad SMARTS) is 1. The number of aliphatic carboxylic acids is 1. The molecule has 1 saturated heterocycles. The van der Waals surface area contributed by atoms with Crippen molar-refractivity contribution in [2.45, 2.75) is 22.7 Å². The summed E-state index contributed by atoms with van der Waals surface area (Å²) in [6, 6.07) is 6.94. The van der Waals surface area contributed by atoms with E-state index in [1.807, 2.05) is 0 Å². The fraction of sp³-hybridized carbons (Fsp3) is 0.316. The quantitative estimate of drug-likeness (QED) is 0.242. The van der Waals surface area contributed by atoms with Gasteiger partial charge in [-0.25, -0.2) is 9.48 Å². The number of β-lactam (4-membered cyclic amide) rings is 1. The Morgan fingerprint density at radius 2 is 2.12 bits per heavy atom. The van der Waals surface area contributed by atoms with Crippen LogP contribution in [0.5, 0.6) is 0 Å². The van der Waals surface area contributed by atoms with Gasteiger partial charge < -0.3 is 15.2 Å². The minimum atomic E-state index is -1.69. The molecular formula is C19H18N6O7S2. The van der Waals surface area contributed by atoms with Gasteiger partial charge in [-0.3, -0.25) is 23.5 Å². The van der Waals surface area contributed by atoms with Crippen molar-refractivity contribution in [2.24, 2.45) is 7.05 Å². The molecule has 1 aromatic heterocycles. The van der Waals surface area contributed by atoms with Crippen LogP contribution >= 0.6 is 11.8 Å². The van der Waals surface area contributed by atoms with Gasteiger partial charge in [0.1, 0.15) is 17.1 Å². The van der Waals surface area contributed by atoms with Crippen LogP contribution in [0.3, 0.4) is 0 Å². The van der Waals surface area contributed by atoms with Crippen LogP contribution in [0.4, 0.5) is 0 Å². The molecule has 4 rings (SSSR count). The van der Waals surface area contributed by atoms with Crippen LogP contribution < -0.4 is 5.32 Å². The zero-order chi connectivity index (χ0) is 24.4. The van der Waals surface area contributed by atoms with Crippen molar-refractivity contribution in [3.63, 3.8) is 0 Å². The Labute approximate surface area is 199 Å². The molecular weight excluding hydrogens is 488 g/mol. The molecule has 0 saturated carbocycles. The highest BCUT2D eigenvalue weighted by Crippen LogP contribution is 2.36. The van der Waals surface area contributed by atoms with Crippen molar-refractivity contribution in [1.29, 1.82) is 0 Å². The number of benzene rings is 1. The highest BCUT2D eigenvalue weighted by Gasteiger charge is 2.57. The number of ether oxygens (including phenoxy) is 1. The van der Waals surface area contributed by atoms with Crippen LogP contribution in [-0.4, -0.2) is 81.6 Å². The predicted octanol–water partition coefficient (Wildman–Crippen LogP) is -1.03. The number of aryl methyl sites for hydroxylation is 1. The van der Waals surface area contributed by atoms with E-state index in [9.17, 15) is 28.5 Å². The Hall–Kier alpha value is -3.59. The number of tetrazole rings is 1. The number of fused-ring (bicyclic) bond motifs is 1. The first-order valence-electron chi connectivity index (χ1n) is 9.78. The number of nitrogens with one attached hydrogen (secondary N) is 1. The molecule has 13 nitrogen and oxygen atoms in total. The smallest absolute Gasteiger partial charge is 0.352 e. The van der Waals surface area contributed by atoms with Crippen molar-refractivity contribution >= 4 is 46.8 Å². The number of hydrogen-bond donors (Lipinski definition) is 2. The van der Waals surface area contributed by atoms with E-state index < -0.39 is 46.1 Å². The summed E-state index contributed by atoms with van der Waals surface area (Å²) in [5.41, 5.74) is 0.398. The Morgan fingerprint density at radius 1 is 1.38 bits per heavy atom. The highest BCUT2D eigenvalue weighted by atomic mass is 32.2. The molecule has 0 radical (unpaired) electrons. The van der Waals surface area contributed by atoms with E-state index >= 15 is 0 Å². The van der Waals surface area contributed by atoms with Crippen molar-refractivity contribution in [2.75, 3.05) is 11.5 Å². The summed E-state index contributed by atoms with van der Waals surface area (Å²) in [4.78, 5) is 49.5. The average molecular weight is 507 g/mol. The number of rotatable bonds is 9. The number of amides is 2. The minimum absolute atomic E-state index is 0.103. The second kappa shape index (κ2) is 9.72. The first kappa shape index (κ1) is 23.6. The van der Waals surface area contributed by atoms with Gasteiger partial charge in [0, 0.05) is 18.4 Å². The normalized spacial score (nSPS) is 22.4. The second-order valence-electron chi connectivity index (χ2n) is 7.26. The fourth-order valence-corrected chi connectivity index (χ4v) is 6.34. The van der Waals surface area contributed by atoms with E-state index in [0.29, 0.717) is 16.3 Å². The van der Waals surface area contributed by atoms with Gasteiger partial charge in [0.2, 0.25) is 11.3 Å². The maximum atomic E-state index is 13.0. The highest BCUT2D eigenvalue weighted by molar-refractivity contribution is 7.99. The number of aromatic nitrogens is 4. The predicted molar refractivity (Wildman–Crippen MR) is 116 cm³/mol. The molecule has 2 aromatic rings. The van der Waals surface area contributed by atoms with Gasteiger partial charge in [0.05, 0.1) is 16.6 Å². The molecule has 1 aromatic carbocycles. The van der Waals surface area contributed by atoms with Crippen LogP contribution in [0, 0.1) is 0 Å². The van der Waals surface area contributed by atoms with Crippen LogP contribution in [-0.2, 0) is 41.8 Å². The number of hydrogen-bond acceptors (Lipinski definition) is 10. The summed E-state index contributed by atoms with van der Waals surface area (Å²) in [7, 11) is -0.0726. The van der Waals surface area contributed by atoms with E-state index in [1.165, 1.54) is 4.68 Å². The molecule has 2 N–H and O–H groups in total. The molecule has 2 aliphatic heterocycles. The van der Waals surface area contributed by atoms with Gasteiger partial charge in [-0.15, -0.1) is 5.10 Å². The van der Waals surface area contributed by atoms with Crippen LogP contribution in [0.25, 0.3) is 0 Å². The maximum absolute atomic E-state index is 13.0. The van der Waals surface area contributed by atoms with Gasteiger partial charge in [0.15, 0.2) is 0 Å². The van der Waals surface area contributed by atoms with Crippen molar-refractivity contribution in [1.82, 2.24) is 30.4 Å². The number of carbonyl (C=O) groups excluding carboxylic acids is 3. The monoisotopic (exact) mass is 506 g/mol. The molecule has 0 spiro atoms. The van der Waals surface area contributed by atoms with Crippen LogP contribution in [0.15, 0.2) is 46.8 Å². The van der Waals surface area contributed by atoms with Crippen molar-refractivity contribution in [3.8, 4) is 0 Å². The van der Waals surface area contributed by atoms with E-state index in [2.05, 4.69) is 20.8 Å². The molecule has 2 amide bonds. The third kappa shape index (κ3) is 4.31. The summed E-state index contributed by atoms with van der Waals surface area (Å²) in [5, 5.41) is 22.6. The lowest BCUT2D eigenvalue weighted by atomic mass is 10.0. The molecule has 178 valence electrons. The van der Waals surface area contributed by atoms with Gasteiger partial charge >= 0.3 is 5.97 Å². The largest absolute Gasteiger partial charge is 0.477 e. The van der Waals surface area contributed by atoms with E-state index in [0.717, 1.165) is 16.7 Å². The molecule has 1 fully saturated rings. The molecule has 1 unspecified atom stereocenters. The van der Waals surface area contributed by atoms with E-state index in [1.54, 1.807) is 37.4 Å². The average Bonchev–Trinajstić information content (AvgIpc) is 3.23. The standard InChI is InChI=1S/C19H18N6O7S2/c1-24-19(21-22-23-24)33-7-11-8-34(31)17-12(16(28)25(17)13(11)18(29)30)20-15(27)14(32-9-26)10-5-3-2-4-6-10/h2-6,9,12,14,17H,7-8H2,1H3,(H,20,27)(H,29,30)/t12-,14-,17-,34?/m1/s1. The van der Waals surface area contributed by atoms with E-state index in [-0.39, 0.29) is 23.7 Å². The first-order chi connectivity index (χ1) is 16.3. The van der Waals surface area contributed by atoms with Gasteiger partial charge in [-0.05, 0) is 16.0 Å². The fourth-order valence-electron chi connectivity index (χ4n) is 3.66. The lowest BCUT2D eigenvalue weighted by Crippen LogP contribution is -2.74. The molecule has 15 heteroatoms. The van der Waals surface area contributed by atoms with Crippen LogP contribution in [0.1, 0.15) is 11.7 Å². The Bertz CT molecular complexity index is 1200. The van der Waals surface area contributed by atoms with Crippen LogP contribution in [0.2, 0.25) is 0 Å². The summed E-state index contributed by atoms with van der Waals surface area (Å²) in [6.45, 7) is 0.118. The zero-order valence-electron chi connectivity index (χ0n) is 17.6. The van der Waals surface area contributed by atoms with E-state index in [4.69, 9.17) is 4.74 Å². The summed E-state index contributed by atoms with van der Waals surface area (Å²) in [5.74, 6) is -2.85. The Balaban J connectivity index is 1.53. The summed E-state index contributed by atoms with van der Waals surface area (Å²) in [6.07, 6.45) is -1.32. The molecule has 0 aliphatic carbocycles. The number of nitrogens with zero attached hydrogens (tertiary/aromatic N) is 5. The summed E-state index contributed by atoms with van der Waals surface area (Å²) < 4.78 is 19.3. The maximum Gasteiger partial charge on any atom is 0.352 e. The van der Waals surface area contributed by atoms with Gasteiger partial charge in [-0.2, -0.15) is 0 Å².